The van der Waals surface area contributed by atoms with Gasteiger partial charge in [0.25, 0.3) is 0 Å². The molecule has 0 fully saturated rings. The normalized spacial score (nSPS) is 14.6. The number of halogens is 2. The number of benzene rings is 1. The molecule has 0 aliphatic rings. The van der Waals surface area contributed by atoms with Gasteiger partial charge in [0.2, 0.25) is 0 Å². The Labute approximate surface area is 105 Å². The third kappa shape index (κ3) is 2.87. The first kappa shape index (κ1) is 15.0. The van der Waals surface area contributed by atoms with E-state index >= 15 is 0 Å². The maximum atomic E-state index is 13.4. The van der Waals surface area contributed by atoms with E-state index in [2.05, 4.69) is 0 Å². The van der Waals surface area contributed by atoms with Crippen molar-refractivity contribution in [2.45, 2.75) is 31.1 Å². The molecule has 3 nitrogen and oxygen atoms in total. The maximum Gasteiger partial charge on any atom is 0.162 e. The number of hydrogen-bond acceptors (Lipinski definition) is 3. The van der Waals surface area contributed by atoms with Crippen molar-refractivity contribution in [1.29, 1.82) is 0 Å². The number of aliphatic hydroxyl groups is 1. The first-order valence-electron chi connectivity index (χ1n) is 5.38. The highest BCUT2D eigenvalue weighted by Gasteiger charge is 2.38. The van der Waals surface area contributed by atoms with E-state index in [1.807, 2.05) is 0 Å². The maximum absolute atomic E-state index is 13.4. The van der Waals surface area contributed by atoms with Gasteiger partial charge in [0.15, 0.2) is 21.5 Å². The summed E-state index contributed by atoms with van der Waals surface area (Å²) in [6.07, 6.45) is -0.578. The van der Waals surface area contributed by atoms with E-state index in [1.54, 1.807) is 0 Å². The fraction of sp³-hybridized carbons (Fsp3) is 0.500. The van der Waals surface area contributed by atoms with E-state index in [9.17, 15) is 22.3 Å². The lowest BCUT2D eigenvalue weighted by Crippen LogP contribution is -2.44. The van der Waals surface area contributed by atoms with Gasteiger partial charge in [-0.3, -0.25) is 0 Å². The zero-order chi connectivity index (χ0) is 14.1. The van der Waals surface area contributed by atoms with Crippen LogP contribution in [0.25, 0.3) is 0 Å². The van der Waals surface area contributed by atoms with Gasteiger partial charge in [-0.2, -0.15) is 0 Å². The number of sulfone groups is 1. The molecule has 0 saturated heterocycles. The summed E-state index contributed by atoms with van der Waals surface area (Å²) in [6, 6.07) is 3.60. The molecule has 0 amide bonds. The van der Waals surface area contributed by atoms with Crippen molar-refractivity contribution in [1.82, 2.24) is 0 Å². The summed E-state index contributed by atoms with van der Waals surface area (Å²) < 4.78 is 48.0. The van der Waals surface area contributed by atoms with E-state index in [0.717, 1.165) is 12.3 Å². The molecule has 1 rings (SSSR count). The topological polar surface area (TPSA) is 54.4 Å². The number of aliphatic hydroxyl groups excluding tert-OH is 1. The average Bonchev–Trinajstić information content (AvgIpc) is 2.23. The minimum Gasteiger partial charge on any atom is -0.391 e. The second-order valence-electron chi connectivity index (χ2n) is 4.81. The molecule has 0 aliphatic carbocycles. The van der Waals surface area contributed by atoms with Gasteiger partial charge in [-0.1, -0.05) is 12.1 Å². The van der Waals surface area contributed by atoms with E-state index < -0.39 is 32.3 Å². The van der Waals surface area contributed by atoms with E-state index in [4.69, 9.17) is 0 Å². The Morgan fingerprint density at radius 3 is 2.39 bits per heavy atom. The van der Waals surface area contributed by atoms with Crippen LogP contribution in [0.15, 0.2) is 18.2 Å². The van der Waals surface area contributed by atoms with Crippen LogP contribution in [0.1, 0.15) is 19.4 Å². The highest BCUT2D eigenvalue weighted by atomic mass is 32.2. The molecule has 0 radical (unpaired) electrons. The van der Waals surface area contributed by atoms with Gasteiger partial charge >= 0.3 is 0 Å². The average molecular weight is 278 g/mol. The molecule has 18 heavy (non-hydrogen) atoms. The highest BCUT2D eigenvalue weighted by Crippen LogP contribution is 2.24. The zero-order valence-corrected chi connectivity index (χ0v) is 11.3. The third-order valence-electron chi connectivity index (χ3n) is 3.20. The predicted molar refractivity (Wildman–Crippen MR) is 65.0 cm³/mol. The Hall–Kier alpha value is -1.01. The summed E-state index contributed by atoms with van der Waals surface area (Å²) in [5.41, 5.74) is -0.0424. The quantitative estimate of drug-likeness (QED) is 0.912. The van der Waals surface area contributed by atoms with Crippen LogP contribution >= 0.6 is 0 Å². The van der Waals surface area contributed by atoms with Crippen LogP contribution < -0.4 is 0 Å². The molecular formula is C12H16F2O3S. The molecule has 1 aromatic carbocycles. The van der Waals surface area contributed by atoms with E-state index in [1.165, 1.54) is 26.0 Å². The van der Waals surface area contributed by atoms with Crippen LogP contribution in [0, 0.1) is 11.6 Å². The standard InChI is InChI=1S/C12H16F2O3S/c1-12(2,18(3,16)17)10(15)7-8-5-4-6-9(13)11(8)14/h4-6,10,15H,7H2,1-3H3. The van der Waals surface area contributed by atoms with Gasteiger partial charge in [-0.15, -0.1) is 0 Å². The van der Waals surface area contributed by atoms with Crippen LogP contribution in [0.2, 0.25) is 0 Å². The zero-order valence-electron chi connectivity index (χ0n) is 10.4. The summed E-state index contributed by atoms with van der Waals surface area (Å²) in [6.45, 7) is 2.70. The van der Waals surface area contributed by atoms with Crippen LogP contribution in [0.5, 0.6) is 0 Å². The molecule has 102 valence electrons. The summed E-state index contributed by atoms with van der Waals surface area (Å²) in [4.78, 5) is 0. The van der Waals surface area contributed by atoms with E-state index in [-0.39, 0.29) is 12.0 Å². The lowest BCUT2D eigenvalue weighted by atomic mass is 9.98. The SMILES string of the molecule is CC(C)(C(O)Cc1cccc(F)c1F)S(C)(=O)=O. The monoisotopic (exact) mass is 278 g/mol. The molecule has 0 saturated carbocycles. The van der Waals surface area contributed by atoms with Crippen molar-refractivity contribution < 1.29 is 22.3 Å². The molecule has 0 spiro atoms. The Morgan fingerprint density at radius 1 is 1.33 bits per heavy atom. The molecule has 0 heterocycles. The summed E-state index contributed by atoms with van der Waals surface area (Å²) in [5.74, 6) is -2.07. The van der Waals surface area contributed by atoms with Crippen molar-refractivity contribution in [2.75, 3.05) is 6.26 Å². The number of rotatable bonds is 4. The molecule has 0 bridgehead atoms. The molecule has 1 N–H and O–H groups in total. The van der Waals surface area contributed by atoms with Gasteiger partial charge in [-0.05, 0) is 25.5 Å². The van der Waals surface area contributed by atoms with Crippen molar-refractivity contribution in [3.8, 4) is 0 Å². The Morgan fingerprint density at radius 2 is 1.89 bits per heavy atom. The van der Waals surface area contributed by atoms with Crippen molar-refractivity contribution >= 4 is 9.84 Å². The van der Waals surface area contributed by atoms with Crippen molar-refractivity contribution in [2.24, 2.45) is 0 Å². The van der Waals surface area contributed by atoms with E-state index in [0.29, 0.717) is 0 Å². The molecule has 1 atom stereocenters. The van der Waals surface area contributed by atoms with Crippen LogP contribution in [0.4, 0.5) is 8.78 Å². The summed E-state index contributed by atoms with van der Waals surface area (Å²) in [7, 11) is -3.51. The first-order chi connectivity index (χ1) is 8.07. The molecule has 6 heteroatoms. The van der Waals surface area contributed by atoms with Gasteiger partial charge in [0, 0.05) is 12.7 Å². The Bertz CT molecular complexity index is 538. The lowest BCUT2D eigenvalue weighted by molar-refractivity contribution is 0.136. The molecule has 1 unspecified atom stereocenters. The minimum absolute atomic E-state index is 0.0424. The smallest absolute Gasteiger partial charge is 0.162 e. The lowest BCUT2D eigenvalue weighted by Gasteiger charge is -2.28. The highest BCUT2D eigenvalue weighted by molar-refractivity contribution is 7.92. The number of hydrogen-bond donors (Lipinski definition) is 1. The van der Waals surface area contributed by atoms with Gasteiger partial charge in [-0.25, -0.2) is 17.2 Å². The molecule has 1 aromatic rings. The fourth-order valence-electron chi connectivity index (χ4n) is 1.41. The van der Waals surface area contributed by atoms with Crippen LogP contribution in [0.3, 0.4) is 0 Å². The fourth-order valence-corrected chi connectivity index (χ4v) is 1.98. The van der Waals surface area contributed by atoms with Gasteiger partial charge in [0.1, 0.15) is 0 Å². The van der Waals surface area contributed by atoms with Gasteiger partial charge in [0.05, 0.1) is 10.9 Å². The molecule has 0 aromatic heterocycles. The largest absolute Gasteiger partial charge is 0.391 e. The predicted octanol–water partition coefficient (Wildman–Crippen LogP) is 1.69. The Kier molecular flexibility index (Phi) is 4.12. The first-order valence-corrected chi connectivity index (χ1v) is 7.27. The van der Waals surface area contributed by atoms with Gasteiger partial charge < -0.3 is 5.11 Å². The summed E-state index contributed by atoms with van der Waals surface area (Å²) in [5, 5.41) is 9.91. The Balaban J connectivity index is 3.02. The van der Waals surface area contributed by atoms with Crippen molar-refractivity contribution in [3.05, 3.63) is 35.4 Å². The third-order valence-corrected chi connectivity index (χ3v) is 5.39. The van der Waals surface area contributed by atoms with Crippen LogP contribution in [-0.4, -0.2) is 30.6 Å². The summed E-state index contributed by atoms with van der Waals surface area (Å²) >= 11 is 0. The second-order valence-corrected chi connectivity index (χ2v) is 7.41. The minimum atomic E-state index is -3.51. The van der Waals surface area contributed by atoms with Crippen LogP contribution in [-0.2, 0) is 16.3 Å². The van der Waals surface area contributed by atoms with Crippen molar-refractivity contribution in [3.63, 3.8) is 0 Å². The molecular weight excluding hydrogens is 262 g/mol. The molecule has 0 aliphatic heterocycles. The second kappa shape index (κ2) is 4.93.